The van der Waals surface area contributed by atoms with Crippen molar-refractivity contribution in [1.82, 2.24) is 5.32 Å². The van der Waals surface area contributed by atoms with Crippen LogP contribution in [0.2, 0.25) is 0 Å². The van der Waals surface area contributed by atoms with Crippen LogP contribution in [0, 0.1) is 10.1 Å². The van der Waals surface area contributed by atoms with Crippen LogP contribution in [0.4, 0.5) is 11.4 Å². The Balaban J connectivity index is 2.05. The molecule has 0 radical (unpaired) electrons. The fraction of sp³-hybridized carbons (Fsp3) is 0.455. The number of benzene rings is 1. The third-order valence-electron chi connectivity index (χ3n) is 3.25. The average Bonchev–Trinajstić information content (AvgIpc) is 2.37. The van der Waals surface area contributed by atoms with Gasteiger partial charge < -0.3 is 15.0 Å². The second-order valence-electron chi connectivity index (χ2n) is 4.24. The Bertz CT molecular complexity index is 463. The SMILES string of the molecule is O=[N+]([O-])c1cccc2c1OC[C@@H]1CNCCN21. The molecule has 0 saturated carbocycles. The third kappa shape index (κ3) is 1.61. The third-order valence-corrected chi connectivity index (χ3v) is 3.25. The van der Waals surface area contributed by atoms with Gasteiger partial charge in [-0.3, -0.25) is 10.1 Å². The van der Waals surface area contributed by atoms with Gasteiger partial charge in [-0.15, -0.1) is 0 Å². The molecule has 0 amide bonds. The first-order chi connectivity index (χ1) is 8.27. The van der Waals surface area contributed by atoms with Gasteiger partial charge >= 0.3 is 5.69 Å². The second-order valence-corrected chi connectivity index (χ2v) is 4.24. The van der Waals surface area contributed by atoms with Crippen LogP contribution >= 0.6 is 0 Å². The van der Waals surface area contributed by atoms with E-state index in [4.69, 9.17) is 4.74 Å². The molecule has 1 aromatic carbocycles. The van der Waals surface area contributed by atoms with E-state index in [2.05, 4.69) is 10.2 Å². The Hall–Kier alpha value is -1.82. The molecule has 0 aromatic heterocycles. The minimum atomic E-state index is -0.388. The summed E-state index contributed by atoms with van der Waals surface area (Å²) in [6.07, 6.45) is 0. The molecule has 0 aliphatic carbocycles. The predicted octanol–water partition coefficient (Wildman–Crippen LogP) is 0.765. The quantitative estimate of drug-likeness (QED) is 0.575. The second kappa shape index (κ2) is 3.89. The average molecular weight is 235 g/mol. The molecule has 90 valence electrons. The lowest BCUT2D eigenvalue weighted by Gasteiger charge is -2.41. The zero-order valence-corrected chi connectivity index (χ0v) is 9.26. The van der Waals surface area contributed by atoms with E-state index < -0.39 is 0 Å². The van der Waals surface area contributed by atoms with Gasteiger partial charge in [0.1, 0.15) is 6.61 Å². The number of hydrogen-bond acceptors (Lipinski definition) is 5. The molecule has 6 heteroatoms. The van der Waals surface area contributed by atoms with Gasteiger partial charge in [0, 0.05) is 25.7 Å². The lowest BCUT2D eigenvalue weighted by Crippen LogP contribution is -2.55. The van der Waals surface area contributed by atoms with Crippen LogP contribution in [0.15, 0.2) is 18.2 Å². The van der Waals surface area contributed by atoms with E-state index in [1.54, 1.807) is 6.07 Å². The highest BCUT2D eigenvalue weighted by Crippen LogP contribution is 2.41. The van der Waals surface area contributed by atoms with Gasteiger partial charge in [-0.25, -0.2) is 0 Å². The Morgan fingerprint density at radius 1 is 1.53 bits per heavy atom. The zero-order valence-electron chi connectivity index (χ0n) is 9.26. The van der Waals surface area contributed by atoms with E-state index in [1.807, 2.05) is 6.07 Å². The molecular weight excluding hydrogens is 222 g/mol. The maximum Gasteiger partial charge on any atom is 0.313 e. The number of nitrogens with one attached hydrogen (secondary N) is 1. The van der Waals surface area contributed by atoms with Gasteiger partial charge in [0.25, 0.3) is 0 Å². The standard InChI is InChI=1S/C11H13N3O3/c15-14(16)10-3-1-2-9-11(10)17-7-8-6-12-4-5-13(8)9/h1-3,8,12H,4-7H2/t8-/m0/s1. The summed E-state index contributed by atoms with van der Waals surface area (Å²) in [5.74, 6) is 0.413. The molecule has 1 N–H and O–H groups in total. The molecule has 0 spiro atoms. The molecule has 0 unspecified atom stereocenters. The van der Waals surface area contributed by atoms with E-state index in [-0.39, 0.29) is 16.7 Å². The number of nitro groups is 1. The molecule has 6 nitrogen and oxygen atoms in total. The van der Waals surface area contributed by atoms with Gasteiger partial charge in [-0.2, -0.15) is 0 Å². The van der Waals surface area contributed by atoms with Crippen LogP contribution in [0.25, 0.3) is 0 Å². The topological polar surface area (TPSA) is 67.6 Å². The molecule has 3 rings (SSSR count). The Morgan fingerprint density at radius 3 is 3.24 bits per heavy atom. The summed E-state index contributed by atoms with van der Waals surface area (Å²) in [6, 6.07) is 5.37. The molecular formula is C11H13N3O3. The molecule has 1 saturated heterocycles. The number of anilines is 1. The monoisotopic (exact) mass is 235 g/mol. The van der Waals surface area contributed by atoms with Gasteiger partial charge in [0.15, 0.2) is 0 Å². The van der Waals surface area contributed by atoms with Crippen LogP contribution < -0.4 is 15.0 Å². The van der Waals surface area contributed by atoms with Gasteiger partial charge in [-0.1, -0.05) is 6.07 Å². The summed E-state index contributed by atoms with van der Waals surface area (Å²) < 4.78 is 5.56. The summed E-state index contributed by atoms with van der Waals surface area (Å²) >= 11 is 0. The van der Waals surface area contributed by atoms with Crippen molar-refractivity contribution in [3.63, 3.8) is 0 Å². The van der Waals surface area contributed by atoms with Crippen LogP contribution in [-0.2, 0) is 0 Å². The van der Waals surface area contributed by atoms with Crippen molar-refractivity contribution in [3.05, 3.63) is 28.3 Å². The zero-order chi connectivity index (χ0) is 11.8. The summed E-state index contributed by atoms with van der Waals surface area (Å²) in [4.78, 5) is 12.7. The van der Waals surface area contributed by atoms with E-state index in [0.29, 0.717) is 12.4 Å². The first-order valence-corrected chi connectivity index (χ1v) is 5.65. The molecule has 2 aliphatic rings. The number of ether oxygens (including phenoxy) is 1. The fourth-order valence-electron chi connectivity index (χ4n) is 2.44. The van der Waals surface area contributed by atoms with Crippen molar-refractivity contribution < 1.29 is 9.66 Å². The fourth-order valence-corrected chi connectivity index (χ4v) is 2.44. The minimum absolute atomic E-state index is 0.0551. The minimum Gasteiger partial charge on any atom is -0.483 e. The smallest absolute Gasteiger partial charge is 0.313 e. The number of rotatable bonds is 1. The molecule has 1 atom stereocenters. The number of nitro benzene ring substituents is 1. The highest BCUT2D eigenvalue weighted by atomic mass is 16.6. The van der Waals surface area contributed by atoms with Crippen molar-refractivity contribution in [2.45, 2.75) is 6.04 Å². The lowest BCUT2D eigenvalue weighted by atomic mass is 10.1. The number of nitrogens with zero attached hydrogens (tertiary/aromatic N) is 2. The Morgan fingerprint density at radius 2 is 2.41 bits per heavy atom. The Kier molecular flexibility index (Phi) is 2.36. The summed E-state index contributed by atoms with van der Waals surface area (Å²) in [7, 11) is 0. The molecule has 0 bridgehead atoms. The lowest BCUT2D eigenvalue weighted by molar-refractivity contribution is -0.385. The summed E-state index contributed by atoms with van der Waals surface area (Å²) in [6.45, 7) is 3.13. The van der Waals surface area contributed by atoms with Crippen molar-refractivity contribution in [3.8, 4) is 5.75 Å². The number of para-hydroxylation sites is 1. The molecule has 1 aromatic rings. The van der Waals surface area contributed by atoms with Gasteiger partial charge in [-0.05, 0) is 6.07 Å². The Labute approximate surface area is 98.3 Å². The number of piperazine rings is 1. The predicted molar refractivity (Wildman–Crippen MR) is 62.6 cm³/mol. The molecule has 1 fully saturated rings. The first-order valence-electron chi connectivity index (χ1n) is 5.65. The number of hydrogen-bond donors (Lipinski definition) is 1. The van der Waals surface area contributed by atoms with Crippen LogP contribution in [0.1, 0.15) is 0 Å². The van der Waals surface area contributed by atoms with E-state index in [9.17, 15) is 10.1 Å². The maximum atomic E-state index is 10.9. The van der Waals surface area contributed by atoms with Crippen molar-refractivity contribution >= 4 is 11.4 Å². The van der Waals surface area contributed by atoms with Crippen LogP contribution in [0.3, 0.4) is 0 Å². The highest BCUT2D eigenvalue weighted by molar-refractivity contribution is 5.69. The van der Waals surface area contributed by atoms with E-state index in [1.165, 1.54) is 6.07 Å². The van der Waals surface area contributed by atoms with E-state index in [0.717, 1.165) is 25.3 Å². The molecule has 2 heterocycles. The van der Waals surface area contributed by atoms with Gasteiger partial charge in [0.2, 0.25) is 5.75 Å². The largest absolute Gasteiger partial charge is 0.483 e. The van der Waals surface area contributed by atoms with Crippen molar-refractivity contribution in [2.75, 3.05) is 31.1 Å². The van der Waals surface area contributed by atoms with E-state index >= 15 is 0 Å². The van der Waals surface area contributed by atoms with Gasteiger partial charge in [0.05, 0.1) is 16.7 Å². The summed E-state index contributed by atoms with van der Waals surface area (Å²) in [5.41, 5.74) is 0.899. The number of fused-ring (bicyclic) bond motifs is 3. The van der Waals surface area contributed by atoms with Crippen molar-refractivity contribution in [2.24, 2.45) is 0 Å². The maximum absolute atomic E-state index is 10.9. The molecule has 2 aliphatic heterocycles. The normalized spacial score (nSPS) is 22.4. The van der Waals surface area contributed by atoms with Crippen LogP contribution in [0.5, 0.6) is 5.75 Å². The highest BCUT2D eigenvalue weighted by Gasteiger charge is 2.33. The van der Waals surface area contributed by atoms with Crippen LogP contribution in [-0.4, -0.2) is 37.2 Å². The molecule has 17 heavy (non-hydrogen) atoms. The first kappa shape index (κ1) is 10.3. The summed E-state index contributed by atoms with van der Waals surface area (Å²) in [5, 5.41) is 14.2. The van der Waals surface area contributed by atoms with Crippen molar-refractivity contribution in [1.29, 1.82) is 0 Å².